The number of para-hydroxylation sites is 2. The minimum absolute atomic E-state index is 0.0500. The van der Waals surface area contributed by atoms with Gasteiger partial charge in [-0.3, -0.25) is 9.69 Å². The number of aromatic nitrogens is 1. The Kier molecular flexibility index (Phi) is 7.12. The van der Waals surface area contributed by atoms with Crippen molar-refractivity contribution in [3.05, 3.63) is 102 Å². The molecule has 0 bridgehead atoms. The largest absolute Gasteiger partial charge is 0.467 e. The number of carbonyl (C=O) groups excluding carboxylic acids is 2. The minimum atomic E-state index is -0.440. The summed E-state index contributed by atoms with van der Waals surface area (Å²) in [4.78, 5) is 30.8. The second-order valence-electron chi connectivity index (χ2n) is 9.23. The lowest BCUT2D eigenvalue weighted by molar-refractivity contribution is -0.119. The fourth-order valence-electron chi connectivity index (χ4n) is 4.89. The monoisotopic (exact) mass is 496 g/mol. The van der Waals surface area contributed by atoms with Crippen LogP contribution in [-0.2, 0) is 11.2 Å². The number of hydrogen-bond acceptors (Lipinski definition) is 3. The zero-order valence-electron chi connectivity index (χ0n) is 21.3. The second-order valence-corrected chi connectivity index (χ2v) is 9.23. The first kappa shape index (κ1) is 24.4. The van der Waals surface area contributed by atoms with Crippen LogP contribution in [0.3, 0.4) is 0 Å². The van der Waals surface area contributed by atoms with Gasteiger partial charge in [-0.05, 0) is 66.9 Å². The average Bonchev–Trinajstić information content (AvgIpc) is 3.63. The predicted molar refractivity (Wildman–Crippen MR) is 145 cm³/mol. The molecular formula is C30H32N4O3. The number of nitrogens with zero attached hydrogens (tertiary/aromatic N) is 3. The summed E-state index contributed by atoms with van der Waals surface area (Å²) >= 11 is 0. The van der Waals surface area contributed by atoms with Crippen LogP contribution >= 0.6 is 0 Å². The molecule has 1 aliphatic heterocycles. The molecule has 0 saturated carbocycles. The topological polar surface area (TPSA) is 70.7 Å². The van der Waals surface area contributed by atoms with Gasteiger partial charge in [0.05, 0.1) is 23.3 Å². The summed E-state index contributed by atoms with van der Waals surface area (Å²) in [5, 5.41) is 3.00. The zero-order valence-corrected chi connectivity index (χ0v) is 21.3. The highest BCUT2D eigenvalue weighted by atomic mass is 16.3. The van der Waals surface area contributed by atoms with Gasteiger partial charge >= 0.3 is 6.03 Å². The Bertz CT molecular complexity index is 1380. The van der Waals surface area contributed by atoms with E-state index in [9.17, 15) is 9.59 Å². The van der Waals surface area contributed by atoms with E-state index in [1.54, 1.807) is 16.1 Å². The van der Waals surface area contributed by atoms with Crippen LogP contribution in [0.15, 0.2) is 89.7 Å². The summed E-state index contributed by atoms with van der Waals surface area (Å²) in [7, 11) is 0. The summed E-state index contributed by atoms with van der Waals surface area (Å²) in [6.45, 7) is 4.59. The summed E-state index contributed by atoms with van der Waals surface area (Å²) < 4.78 is 7.90. The van der Waals surface area contributed by atoms with Crippen LogP contribution in [0.2, 0.25) is 0 Å². The molecule has 0 fully saturated rings. The van der Waals surface area contributed by atoms with E-state index in [0.29, 0.717) is 12.3 Å². The molecular weight excluding hydrogens is 464 g/mol. The third kappa shape index (κ3) is 4.89. The SMILES string of the molecule is CCCCN(CC(=O)N1c2ccccc2-n2cccc2C1c1ccco1)C(=O)Nc1cccc(CC)c1. The van der Waals surface area contributed by atoms with Crippen LogP contribution in [0, 0.1) is 0 Å². The molecule has 1 unspecified atom stereocenters. The quantitative estimate of drug-likeness (QED) is 0.307. The standard InChI is InChI=1S/C30H32N4O3/c1-3-5-17-32(30(36)31-23-12-8-11-22(4-2)20-23)21-28(35)34-25-14-7-6-13-24(25)33-18-9-15-26(33)29(34)27-16-10-19-37-27/h6-16,18-20,29H,3-5,17,21H2,1-2H3,(H,31,36). The number of amides is 3. The van der Waals surface area contributed by atoms with Crippen LogP contribution in [-0.4, -0.2) is 34.5 Å². The van der Waals surface area contributed by atoms with Crippen molar-refractivity contribution in [3.8, 4) is 5.69 Å². The van der Waals surface area contributed by atoms with Crippen LogP contribution in [0.5, 0.6) is 0 Å². The van der Waals surface area contributed by atoms with Crippen molar-refractivity contribution in [1.82, 2.24) is 9.47 Å². The van der Waals surface area contributed by atoms with Gasteiger partial charge in [0, 0.05) is 18.4 Å². The molecule has 1 atom stereocenters. The van der Waals surface area contributed by atoms with E-state index in [2.05, 4.69) is 23.7 Å². The molecule has 0 saturated heterocycles. The van der Waals surface area contributed by atoms with E-state index >= 15 is 0 Å². The van der Waals surface area contributed by atoms with Crippen LogP contribution < -0.4 is 10.2 Å². The fraction of sp³-hybridized carbons (Fsp3) is 0.267. The van der Waals surface area contributed by atoms with Gasteiger partial charge in [-0.25, -0.2) is 4.79 Å². The lowest BCUT2D eigenvalue weighted by Crippen LogP contribution is -2.47. The highest BCUT2D eigenvalue weighted by Gasteiger charge is 2.38. The smallest absolute Gasteiger partial charge is 0.322 e. The van der Waals surface area contributed by atoms with Gasteiger partial charge < -0.3 is 19.2 Å². The third-order valence-electron chi connectivity index (χ3n) is 6.78. The normalized spacial score (nSPS) is 14.1. The number of fused-ring (bicyclic) bond motifs is 3. The third-order valence-corrected chi connectivity index (χ3v) is 6.78. The number of benzene rings is 2. The van der Waals surface area contributed by atoms with Gasteiger partial charge in [0.2, 0.25) is 5.91 Å². The van der Waals surface area contributed by atoms with Gasteiger partial charge in [-0.1, -0.05) is 44.5 Å². The Labute approximate surface area is 217 Å². The van der Waals surface area contributed by atoms with E-state index in [0.717, 1.165) is 47.6 Å². The number of aryl methyl sites for hydroxylation is 1. The average molecular weight is 497 g/mol. The number of carbonyl (C=O) groups is 2. The Morgan fingerprint density at radius 1 is 0.973 bits per heavy atom. The van der Waals surface area contributed by atoms with Crippen molar-refractivity contribution in [1.29, 1.82) is 0 Å². The van der Waals surface area contributed by atoms with E-state index in [1.807, 2.05) is 79.0 Å². The minimum Gasteiger partial charge on any atom is -0.467 e. The maximum absolute atomic E-state index is 14.1. The molecule has 7 nitrogen and oxygen atoms in total. The van der Waals surface area contributed by atoms with Gasteiger partial charge in [-0.15, -0.1) is 0 Å². The number of anilines is 2. The molecule has 7 heteroatoms. The number of nitrogens with one attached hydrogen (secondary N) is 1. The number of hydrogen-bond donors (Lipinski definition) is 1. The Balaban J connectivity index is 1.46. The number of urea groups is 1. The first-order valence-electron chi connectivity index (χ1n) is 12.9. The fourth-order valence-corrected chi connectivity index (χ4v) is 4.89. The molecule has 3 amide bonds. The summed E-state index contributed by atoms with van der Waals surface area (Å²) in [5.41, 5.74) is 4.50. The van der Waals surface area contributed by atoms with Crippen LogP contribution in [0.1, 0.15) is 49.7 Å². The van der Waals surface area contributed by atoms with E-state index in [1.165, 1.54) is 0 Å². The van der Waals surface area contributed by atoms with Gasteiger partial charge in [0.25, 0.3) is 0 Å². The molecule has 0 aliphatic carbocycles. The lowest BCUT2D eigenvalue weighted by Gasteiger charge is -2.38. The molecule has 1 aliphatic rings. The van der Waals surface area contributed by atoms with Gasteiger partial charge in [-0.2, -0.15) is 0 Å². The Morgan fingerprint density at radius 3 is 2.57 bits per heavy atom. The van der Waals surface area contributed by atoms with Crippen LogP contribution in [0.25, 0.3) is 5.69 Å². The van der Waals surface area contributed by atoms with Gasteiger partial charge in [0.15, 0.2) is 0 Å². The first-order valence-corrected chi connectivity index (χ1v) is 12.9. The molecule has 5 rings (SSSR count). The maximum Gasteiger partial charge on any atom is 0.322 e. The summed E-state index contributed by atoms with van der Waals surface area (Å²) in [5.74, 6) is 0.499. The highest BCUT2D eigenvalue weighted by Crippen LogP contribution is 2.42. The number of rotatable bonds is 8. The summed E-state index contributed by atoms with van der Waals surface area (Å²) in [6.07, 6.45) is 6.22. The molecule has 190 valence electrons. The molecule has 0 radical (unpaired) electrons. The van der Waals surface area contributed by atoms with Crippen molar-refractivity contribution in [2.75, 3.05) is 23.3 Å². The molecule has 1 N–H and O–H groups in total. The predicted octanol–water partition coefficient (Wildman–Crippen LogP) is 6.40. The molecule has 2 aromatic heterocycles. The Hall–Kier alpha value is -4.26. The maximum atomic E-state index is 14.1. The number of furan rings is 1. The molecule has 2 aromatic carbocycles. The molecule has 37 heavy (non-hydrogen) atoms. The number of unbranched alkanes of at least 4 members (excludes halogenated alkanes) is 1. The summed E-state index contributed by atoms with van der Waals surface area (Å²) in [6, 6.07) is 22.6. The second kappa shape index (κ2) is 10.8. The van der Waals surface area contributed by atoms with Crippen molar-refractivity contribution in [2.45, 2.75) is 39.2 Å². The molecule has 0 spiro atoms. The van der Waals surface area contributed by atoms with Crippen molar-refractivity contribution < 1.29 is 14.0 Å². The van der Waals surface area contributed by atoms with Crippen molar-refractivity contribution >= 4 is 23.3 Å². The highest BCUT2D eigenvalue weighted by molar-refractivity contribution is 6.01. The van der Waals surface area contributed by atoms with Crippen molar-refractivity contribution in [3.63, 3.8) is 0 Å². The lowest BCUT2D eigenvalue weighted by atomic mass is 10.0. The van der Waals surface area contributed by atoms with E-state index in [-0.39, 0.29) is 18.5 Å². The van der Waals surface area contributed by atoms with Crippen LogP contribution in [0.4, 0.5) is 16.2 Å². The van der Waals surface area contributed by atoms with E-state index < -0.39 is 6.04 Å². The van der Waals surface area contributed by atoms with Gasteiger partial charge in [0.1, 0.15) is 18.3 Å². The van der Waals surface area contributed by atoms with E-state index in [4.69, 9.17) is 4.42 Å². The molecule has 4 aromatic rings. The Morgan fingerprint density at radius 2 is 1.81 bits per heavy atom. The first-order chi connectivity index (χ1) is 18.1. The van der Waals surface area contributed by atoms with Crippen molar-refractivity contribution in [2.24, 2.45) is 0 Å². The molecule has 3 heterocycles. The zero-order chi connectivity index (χ0) is 25.8.